The van der Waals surface area contributed by atoms with E-state index >= 15 is 0 Å². The summed E-state index contributed by atoms with van der Waals surface area (Å²) in [6.07, 6.45) is 0. The molecule has 176 valence electrons. The fourth-order valence-corrected chi connectivity index (χ4v) is 6.59. The number of para-hydroxylation sites is 4. The summed E-state index contributed by atoms with van der Waals surface area (Å²) >= 11 is 0. The molecule has 1 aliphatic rings. The molecule has 8 rings (SSSR count). The average molecular weight is 493 g/mol. The summed E-state index contributed by atoms with van der Waals surface area (Å²) in [5, 5.41) is 34.1. The minimum absolute atomic E-state index is 0.277. The summed E-state index contributed by atoms with van der Waals surface area (Å²) < 4.78 is 4.47. The van der Waals surface area contributed by atoms with Gasteiger partial charge in [-0.15, -0.1) is 0 Å². The van der Waals surface area contributed by atoms with E-state index in [0.29, 0.717) is 16.7 Å². The Hall–Kier alpha value is -5.77. The number of nitriles is 3. The van der Waals surface area contributed by atoms with Gasteiger partial charge in [0.15, 0.2) is 0 Å². The van der Waals surface area contributed by atoms with Crippen molar-refractivity contribution in [2.75, 3.05) is 0 Å². The smallest absolute Gasteiger partial charge is 0.332 e. The average Bonchev–Trinajstić information content (AvgIpc) is 3.51. The van der Waals surface area contributed by atoms with E-state index in [1.54, 1.807) is 0 Å². The number of aromatic nitrogens is 2. The third-order valence-corrected chi connectivity index (χ3v) is 8.06. The Kier molecular flexibility index (Phi) is 4.17. The second-order valence-corrected chi connectivity index (χ2v) is 9.88. The molecule has 3 heterocycles. The van der Waals surface area contributed by atoms with Crippen molar-refractivity contribution in [3.8, 4) is 23.9 Å². The van der Waals surface area contributed by atoms with E-state index in [1.807, 2.05) is 66.7 Å². The zero-order valence-corrected chi connectivity index (χ0v) is 20.6. The first-order chi connectivity index (χ1) is 19.2. The van der Waals surface area contributed by atoms with Crippen molar-refractivity contribution >= 4 is 61.4 Å². The Morgan fingerprint density at radius 2 is 1.15 bits per heavy atom. The predicted octanol–water partition coefficient (Wildman–Crippen LogP) is 5.47. The van der Waals surface area contributed by atoms with Crippen molar-refractivity contribution < 1.29 is 0 Å². The molecule has 0 atom stereocenters. The van der Waals surface area contributed by atoms with Gasteiger partial charge in [-0.3, -0.25) is 0 Å². The van der Waals surface area contributed by atoms with Crippen LogP contribution in [0.15, 0.2) is 97.1 Å². The van der Waals surface area contributed by atoms with Crippen LogP contribution in [0.5, 0.6) is 0 Å². The van der Waals surface area contributed by atoms with E-state index in [9.17, 15) is 15.8 Å². The Bertz CT molecular complexity index is 2260. The lowest BCUT2D eigenvalue weighted by atomic mass is 9.48. The first-order valence-corrected chi connectivity index (χ1v) is 12.7. The third-order valence-electron chi connectivity index (χ3n) is 8.06. The molecule has 7 aromatic rings. The monoisotopic (exact) mass is 493 g/mol. The van der Waals surface area contributed by atoms with Crippen LogP contribution in [0.4, 0.5) is 0 Å². The topological polar surface area (TPSA) is 81.2 Å². The van der Waals surface area contributed by atoms with E-state index in [0.717, 1.165) is 60.2 Å². The van der Waals surface area contributed by atoms with Crippen molar-refractivity contribution in [2.24, 2.45) is 0 Å². The molecule has 6 heteroatoms. The van der Waals surface area contributed by atoms with Crippen molar-refractivity contribution in [1.29, 1.82) is 15.8 Å². The summed E-state index contributed by atoms with van der Waals surface area (Å²) in [6.45, 7) is -0.277. The standard InChI is InChI=1S/C33H16BN5/c35-17-20-14-15-23-24-10-5-12-28-33(24)38(30(23)16-20)29-13-2-1-11-27(29)34(28)39-31-21(18-36)6-3-8-25(31)26-9-4-7-22(19-37)32(26)39/h1-16H. The van der Waals surface area contributed by atoms with Crippen molar-refractivity contribution in [2.45, 2.75) is 0 Å². The molecule has 2 aromatic heterocycles. The lowest BCUT2D eigenvalue weighted by Gasteiger charge is -2.28. The molecule has 0 bridgehead atoms. The van der Waals surface area contributed by atoms with Crippen molar-refractivity contribution in [1.82, 2.24) is 9.05 Å². The number of fused-ring (bicyclic) bond motifs is 8. The van der Waals surface area contributed by atoms with Crippen molar-refractivity contribution in [3.63, 3.8) is 0 Å². The summed E-state index contributed by atoms with van der Waals surface area (Å²) in [4.78, 5) is 0. The second kappa shape index (κ2) is 7.62. The largest absolute Gasteiger partial charge is 0.374 e. The minimum Gasteiger partial charge on any atom is -0.374 e. The lowest BCUT2D eigenvalue weighted by Crippen LogP contribution is -2.53. The molecular formula is C33H16BN5. The molecule has 0 saturated carbocycles. The molecule has 0 spiro atoms. The molecule has 5 nitrogen and oxygen atoms in total. The van der Waals surface area contributed by atoms with Crippen LogP contribution >= 0.6 is 0 Å². The number of nitrogens with zero attached hydrogens (tertiary/aromatic N) is 5. The van der Waals surface area contributed by atoms with Crippen LogP contribution in [-0.4, -0.2) is 15.9 Å². The van der Waals surface area contributed by atoms with Gasteiger partial charge in [-0.1, -0.05) is 66.7 Å². The number of benzene rings is 5. The van der Waals surface area contributed by atoms with E-state index in [2.05, 4.69) is 57.6 Å². The summed E-state index contributed by atoms with van der Waals surface area (Å²) in [6, 6.07) is 39.2. The molecule has 1 aliphatic heterocycles. The van der Waals surface area contributed by atoms with Crippen molar-refractivity contribution in [3.05, 3.63) is 114 Å². The van der Waals surface area contributed by atoms with Crippen LogP contribution in [-0.2, 0) is 0 Å². The Labute approximate surface area is 223 Å². The van der Waals surface area contributed by atoms with Gasteiger partial charge < -0.3 is 9.05 Å². The van der Waals surface area contributed by atoms with Gasteiger partial charge in [0.2, 0.25) is 0 Å². The van der Waals surface area contributed by atoms with Crippen LogP contribution < -0.4 is 10.9 Å². The van der Waals surface area contributed by atoms with Gasteiger partial charge in [-0.2, -0.15) is 15.8 Å². The maximum absolute atomic E-state index is 10.2. The van der Waals surface area contributed by atoms with Gasteiger partial charge in [0.25, 0.3) is 0 Å². The fraction of sp³-hybridized carbons (Fsp3) is 0. The van der Waals surface area contributed by atoms with E-state index in [4.69, 9.17) is 0 Å². The highest BCUT2D eigenvalue weighted by molar-refractivity contribution is 6.88. The Morgan fingerprint density at radius 3 is 1.82 bits per heavy atom. The summed E-state index contributed by atoms with van der Waals surface area (Å²) in [7, 11) is 0. The molecule has 0 aliphatic carbocycles. The number of hydrogen-bond donors (Lipinski definition) is 0. The van der Waals surface area contributed by atoms with Gasteiger partial charge in [0.1, 0.15) is 12.1 Å². The van der Waals surface area contributed by atoms with E-state index < -0.39 is 0 Å². The van der Waals surface area contributed by atoms with Crippen LogP contribution in [0.25, 0.3) is 49.3 Å². The molecule has 0 unspecified atom stereocenters. The summed E-state index contributed by atoms with van der Waals surface area (Å²) in [5.74, 6) is 0. The SMILES string of the molecule is N#Cc1ccc2c3cccc4c3n(c2c1)-c1ccccc1B4n1c2c(C#N)cccc2c2cccc(C#N)c21. The predicted molar refractivity (Wildman–Crippen MR) is 155 cm³/mol. The molecular weight excluding hydrogens is 477 g/mol. The third kappa shape index (κ3) is 2.61. The normalized spacial score (nSPS) is 12.0. The van der Waals surface area contributed by atoms with Gasteiger partial charge in [0, 0.05) is 27.2 Å². The van der Waals surface area contributed by atoms with Crippen LogP contribution in [0.3, 0.4) is 0 Å². The molecule has 0 radical (unpaired) electrons. The summed E-state index contributed by atoms with van der Waals surface area (Å²) in [5.41, 5.74) is 8.64. The molecule has 0 amide bonds. The molecule has 0 saturated heterocycles. The van der Waals surface area contributed by atoms with Crippen LogP contribution in [0, 0.1) is 34.0 Å². The highest BCUT2D eigenvalue weighted by atomic mass is 15.0. The molecule has 39 heavy (non-hydrogen) atoms. The number of rotatable bonds is 1. The van der Waals surface area contributed by atoms with Crippen LogP contribution in [0.2, 0.25) is 0 Å². The minimum atomic E-state index is -0.277. The zero-order chi connectivity index (χ0) is 26.2. The van der Waals surface area contributed by atoms with Gasteiger partial charge >= 0.3 is 6.85 Å². The Balaban J connectivity index is 1.63. The second-order valence-electron chi connectivity index (χ2n) is 9.88. The number of hydrogen-bond acceptors (Lipinski definition) is 3. The lowest BCUT2D eigenvalue weighted by molar-refractivity contribution is 1.18. The molecule has 0 N–H and O–H groups in total. The van der Waals surface area contributed by atoms with Crippen LogP contribution in [0.1, 0.15) is 16.7 Å². The fourth-order valence-electron chi connectivity index (χ4n) is 6.59. The zero-order valence-electron chi connectivity index (χ0n) is 20.6. The maximum atomic E-state index is 10.2. The maximum Gasteiger partial charge on any atom is 0.332 e. The highest BCUT2D eigenvalue weighted by Gasteiger charge is 2.36. The highest BCUT2D eigenvalue weighted by Crippen LogP contribution is 2.37. The molecule has 0 fully saturated rings. The van der Waals surface area contributed by atoms with Gasteiger partial charge in [-0.25, -0.2) is 0 Å². The Morgan fingerprint density at radius 1 is 0.538 bits per heavy atom. The molecule has 5 aromatic carbocycles. The van der Waals surface area contributed by atoms with Gasteiger partial charge in [0.05, 0.1) is 44.8 Å². The van der Waals surface area contributed by atoms with E-state index in [1.165, 1.54) is 0 Å². The first-order valence-electron chi connectivity index (χ1n) is 12.7. The van der Waals surface area contributed by atoms with Gasteiger partial charge in [-0.05, 0) is 41.3 Å². The first kappa shape index (κ1) is 21.3. The quantitative estimate of drug-likeness (QED) is 0.284. The van der Waals surface area contributed by atoms with E-state index in [-0.39, 0.29) is 6.85 Å².